The molecule has 0 spiro atoms. The molecule has 0 saturated heterocycles. The number of carbonyl (C=O) groups excluding carboxylic acids is 1. The Morgan fingerprint density at radius 2 is 1.66 bits per heavy atom. The number of halogens is 3. The minimum absolute atomic E-state index is 0.309. The van der Waals surface area contributed by atoms with E-state index in [9.17, 15) is 18.0 Å². The monoisotopic (exact) mass is 398 g/mol. The number of rotatable bonds is 6. The zero-order valence-electron chi connectivity index (χ0n) is 15.9. The third-order valence-corrected chi connectivity index (χ3v) is 4.54. The second-order valence-corrected chi connectivity index (χ2v) is 6.59. The van der Waals surface area contributed by atoms with Crippen LogP contribution in [0.1, 0.15) is 34.0 Å². The van der Waals surface area contributed by atoms with E-state index < -0.39 is 11.7 Å². The van der Waals surface area contributed by atoms with Crippen molar-refractivity contribution in [1.29, 1.82) is 0 Å². The van der Waals surface area contributed by atoms with Crippen molar-refractivity contribution in [3.63, 3.8) is 0 Å². The van der Waals surface area contributed by atoms with E-state index >= 15 is 0 Å². The summed E-state index contributed by atoms with van der Waals surface area (Å²) in [5.74, 6) is -0.374. The van der Waals surface area contributed by atoms with Gasteiger partial charge >= 0.3 is 6.18 Å². The lowest BCUT2D eigenvalue weighted by atomic mass is 10.1. The highest BCUT2D eigenvalue weighted by Gasteiger charge is 2.30. The van der Waals surface area contributed by atoms with Gasteiger partial charge in [0.1, 0.15) is 0 Å². The number of amides is 1. The van der Waals surface area contributed by atoms with Crippen molar-refractivity contribution in [1.82, 2.24) is 0 Å². The Morgan fingerprint density at radius 3 is 2.34 bits per heavy atom. The number of benzene rings is 3. The van der Waals surface area contributed by atoms with Gasteiger partial charge < -0.3 is 10.6 Å². The van der Waals surface area contributed by atoms with E-state index in [2.05, 4.69) is 23.6 Å². The third-order valence-electron chi connectivity index (χ3n) is 4.54. The van der Waals surface area contributed by atoms with Crippen LogP contribution < -0.4 is 10.6 Å². The van der Waals surface area contributed by atoms with E-state index in [0.29, 0.717) is 17.8 Å². The number of anilines is 2. The molecule has 0 unspecified atom stereocenters. The number of hydrogen-bond acceptors (Lipinski definition) is 2. The highest BCUT2D eigenvalue weighted by molar-refractivity contribution is 6.04. The molecule has 0 saturated carbocycles. The largest absolute Gasteiger partial charge is 0.416 e. The molecular formula is C23H21F3N2O. The maximum Gasteiger partial charge on any atom is 0.416 e. The lowest BCUT2D eigenvalue weighted by molar-refractivity contribution is -0.137. The molecule has 0 aliphatic carbocycles. The highest BCUT2D eigenvalue weighted by Crippen LogP contribution is 2.29. The average molecular weight is 398 g/mol. The normalized spacial score (nSPS) is 11.2. The maximum atomic E-state index is 12.6. The number of alkyl halides is 3. The van der Waals surface area contributed by atoms with Gasteiger partial charge in [0.15, 0.2) is 0 Å². The Morgan fingerprint density at radius 1 is 0.931 bits per heavy atom. The smallest absolute Gasteiger partial charge is 0.381 e. The molecule has 0 fully saturated rings. The Kier molecular flexibility index (Phi) is 6.22. The summed E-state index contributed by atoms with van der Waals surface area (Å²) in [7, 11) is 0. The van der Waals surface area contributed by atoms with Crippen molar-refractivity contribution in [2.75, 3.05) is 10.6 Å². The van der Waals surface area contributed by atoms with Crippen LogP contribution in [0.25, 0.3) is 0 Å². The van der Waals surface area contributed by atoms with Crippen molar-refractivity contribution in [2.24, 2.45) is 0 Å². The molecule has 3 nitrogen and oxygen atoms in total. The Labute approximate surface area is 167 Å². The summed E-state index contributed by atoms with van der Waals surface area (Å²) < 4.78 is 37.9. The van der Waals surface area contributed by atoms with Gasteiger partial charge in [0.25, 0.3) is 5.91 Å². The molecule has 3 rings (SSSR count). The molecule has 6 heteroatoms. The second kappa shape index (κ2) is 8.82. The van der Waals surface area contributed by atoms with Gasteiger partial charge in [-0.05, 0) is 60.0 Å². The molecule has 0 bridgehead atoms. The van der Waals surface area contributed by atoms with E-state index in [1.54, 1.807) is 18.2 Å². The van der Waals surface area contributed by atoms with Crippen molar-refractivity contribution in [3.05, 3.63) is 95.1 Å². The number of para-hydroxylation sites is 1. The van der Waals surface area contributed by atoms with Crippen LogP contribution in [-0.2, 0) is 19.1 Å². The first-order valence-electron chi connectivity index (χ1n) is 9.26. The van der Waals surface area contributed by atoms with Gasteiger partial charge in [0.2, 0.25) is 0 Å². The van der Waals surface area contributed by atoms with Crippen molar-refractivity contribution in [3.8, 4) is 0 Å². The Bertz CT molecular complexity index is 982. The van der Waals surface area contributed by atoms with Gasteiger partial charge in [-0.1, -0.05) is 37.3 Å². The fourth-order valence-corrected chi connectivity index (χ4v) is 2.97. The number of carbonyl (C=O) groups is 1. The molecule has 2 N–H and O–H groups in total. The zero-order valence-corrected chi connectivity index (χ0v) is 15.9. The molecule has 0 aliphatic rings. The Balaban J connectivity index is 1.66. The molecule has 3 aromatic rings. The molecule has 1 amide bonds. The molecular weight excluding hydrogens is 377 g/mol. The Hall–Kier alpha value is -3.28. The van der Waals surface area contributed by atoms with Crippen LogP contribution in [0.2, 0.25) is 0 Å². The maximum absolute atomic E-state index is 12.6. The fourth-order valence-electron chi connectivity index (χ4n) is 2.97. The number of hydrogen-bond donors (Lipinski definition) is 2. The van der Waals surface area contributed by atoms with Gasteiger partial charge in [0, 0.05) is 23.5 Å². The predicted molar refractivity (Wildman–Crippen MR) is 109 cm³/mol. The third kappa shape index (κ3) is 5.38. The van der Waals surface area contributed by atoms with Crippen LogP contribution in [0.15, 0.2) is 72.8 Å². The zero-order chi connectivity index (χ0) is 20.9. The topological polar surface area (TPSA) is 41.1 Å². The predicted octanol–water partition coefficient (Wildman–Crippen LogP) is 6.13. The van der Waals surface area contributed by atoms with Crippen molar-refractivity contribution < 1.29 is 18.0 Å². The van der Waals surface area contributed by atoms with Crippen molar-refractivity contribution >= 4 is 17.3 Å². The van der Waals surface area contributed by atoms with Gasteiger partial charge in [-0.3, -0.25) is 4.79 Å². The highest BCUT2D eigenvalue weighted by atomic mass is 19.4. The minimum Gasteiger partial charge on any atom is -0.381 e. The van der Waals surface area contributed by atoms with E-state index in [1.165, 1.54) is 17.7 Å². The standard InChI is InChI=1S/C23H21F3N2O/c1-2-17-7-3-4-9-21(17)27-15-16-6-5-8-18(14-16)22(29)28-20-12-10-19(11-13-20)23(24,25)26/h3-14,27H,2,15H2,1H3,(H,28,29). The van der Waals surface area contributed by atoms with Gasteiger partial charge in [-0.2, -0.15) is 13.2 Å². The molecule has 29 heavy (non-hydrogen) atoms. The van der Waals surface area contributed by atoms with E-state index in [1.807, 2.05) is 24.3 Å². The van der Waals surface area contributed by atoms with E-state index in [-0.39, 0.29) is 5.91 Å². The molecule has 0 aliphatic heterocycles. The first-order valence-corrected chi connectivity index (χ1v) is 9.26. The summed E-state index contributed by atoms with van der Waals surface area (Å²) in [6, 6.07) is 19.6. The van der Waals surface area contributed by atoms with E-state index in [4.69, 9.17) is 0 Å². The van der Waals surface area contributed by atoms with Crippen molar-refractivity contribution in [2.45, 2.75) is 26.1 Å². The summed E-state index contributed by atoms with van der Waals surface area (Å²) >= 11 is 0. The van der Waals surface area contributed by atoms with Crippen LogP contribution in [0.4, 0.5) is 24.5 Å². The minimum atomic E-state index is -4.40. The van der Waals surface area contributed by atoms with Crippen LogP contribution >= 0.6 is 0 Å². The van der Waals surface area contributed by atoms with Gasteiger partial charge in [-0.25, -0.2) is 0 Å². The lowest BCUT2D eigenvalue weighted by Crippen LogP contribution is -2.13. The van der Waals surface area contributed by atoms with Crippen LogP contribution in [-0.4, -0.2) is 5.91 Å². The number of nitrogens with one attached hydrogen (secondary N) is 2. The van der Waals surface area contributed by atoms with Crippen LogP contribution in [0.5, 0.6) is 0 Å². The molecule has 0 heterocycles. The molecule has 3 aromatic carbocycles. The SMILES string of the molecule is CCc1ccccc1NCc1cccc(C(=O)Nc2ccc(C(F)(F)F)cc2)c1. The van der Waals surface area contributed by atoms with Gasteiger partial charge in [0.05, 0.1) is 5.56 Å². The fraction of sp³-hybridized carbons (Fsp3) is 0.174. The number of aryl methyl sites for hydroxylation is 1. The summed E-state index contributed by atoms with van der Waals surface area (Å²) in [5.41, 5.74) is 3.18. The summed E-state index contributed by atoms with van der Waals surface area (Å²) in [6.07, 6.45) is -3.49. The molecule has 0 aromatic heterocycles. The quantitative estimate of drug-likeness (QED) is 0.524. The van der Waals surface area contributed by atoms with E-state index in [0.717, 1.165) is 29.8 Å². The van der Waals surface area contributed by atoms with Crippen LogP contribution in [0, 0.1) is 0 Å². The first kappa shape index (κ1) is 20.5. The summed E-state index contributed by atoms with van der Waals surface area (Å²) in [4.78, 5) is 12.5. The first-order chi connectivity index (χ1) is 13.9. The summed E-state index contributed by atoms with van der Waals surface area (Å²) in [5, 5.41) is 6.01. The molecule has 0 radical (unpaired) electrons. The molecule has 0 atom stereocenters. The van der Waals surface area contributed by atoms with Crippen LogP contribution in [0.3, 0.4) is 0 Å². The van der Waals surface area contributed by atoms with Gasteiger partial charge in [-0.15, -0.1) is 0 Å². The summed E-state index contributed by atoms with van der Waals surface area (Å²) in [6.45, 7) is 2.64. The second-order valence-electron chi connectivity index (χ2n) is 6.59. The lowest BCUT2D eigenvalue weighted by Gasteiger charge is -2.12. The average Bonchev–Trinajstić information content (AvgIpc) is 2.72. The molecule has 150 valence electrons.